The van der Waals surface area contributed by atoms with Crippen molar-refractivity contribution in [3.63, 3.8) is 0 Å². The Bertz CT molecular complexity index is 1350. The number of allylic oxidation sites excluding steroid dienone is 1. The number of anilines is 1. The van der Waals surface area contributed by atoms with Crippen molar-refractivity contribution in [3.05, 3.63) is 98.7 Å². The van der Waals surface area contributed by atoms with E-state index in [1.54, 1.807) is 25.1 Å². The molecule has 1 aliphatic heterocycles. The minimum Gasteiger partial charge on any atom is -0.465 e. The van der Waals surface area contributed by atoms with Gasteiger partial charge in [-0.25, -0.2) is 9.18 Å². The van der Waals surface area contributed by atoms with Gasteiger partial charge in [0.1, 0.15) is 5.82 Å². The average molecular weight is 509 g/mol. The lowest BCUT2D eigenvalue weighted by Crippen LogP contribution is -2.25. The van der Waals surface area contributed by atoms with E-state index in [4.69, 9.17) is 4.74 Å². The highest BCUT2D eigenvalue weighted by Gasteiger charge is 2.39. The molecule has 5 nitrogen and oxygen atoms in total. The minimum absolute atomic E-state index is 0.0874. The van der Waals surface area contributed by atoms with Crippen molar-refractivity contribution in [1.82, 2.24) is 4.57 Å². The fourth-order valence-corrected chi connectivity index (χ4v) is 4.59. The third kappa shape index (κ3) is 3.93. The molecule has 0 spiro atoms. The molecule has 3 aromatic rings. The topological polar surface area (TPSA) is 51.5 Å². The van der Waals surface area contributed by atoms with Gasteiger partial charge in [0.2, 0.25) is 0 Å². The van der Waals surface area contributed by atoms with E-state index >= 15 is 0 Å². The van der Waals surface area contributed by atoms with Gasteiger partial charge in [-0.15, -0.1) is 0 Å². The number of halogens is 2. The van der Waals surface area contributed by atoms with Crippen LogP contribution in [0.5, 0.6) is 0 Å². The molecular formula is C26H22BrFN2O3. The molecule has 0 saturated heterocycles. The van der Waals surface area contributed by atoms with Crippen molar-refractivity contribution in [2.24, 2.45) is 0 Å². The molecule has 0 saturated carbocycles. The third-order valence-electron chi connectivity index (χ3n) is 5.72. The highest BCUT2D eigenvalue weighted by molar-refractivity contribution is 9.10. The predicted octanol–water partition coefficient (Wildman–Crippen LogP) is 5.87. The Morgan fingerprint density at radius 1 is 1.06 bits per heavy atom. The molecule has 33 heavy (non-hydrogen) atoms. The second-order valence-corrected chi connectivity index (χ2v) is 8.66. The number of para-hydroxylation sites is 1. The number of benzene rings is 2. The van der Waals surface area contributed by atoms with E-state index < -0.39 is 17.7 Å². The fraction of sp³-hybridized carbons (Fsp3) is 0.154. The zero-order chi connectivity index (χ0) is 23.9. The van der Waals surface area contributed by atoms with Crippen LogP contribution < -0.4 is 4.90 Å². The first kappa shape index (κ1) is 22.7. The molecule has 0 fully saturated rings. The molecule has 2 heterocycles. The Morgan fingerprint density at radius 3 is 2.45 bits per heavy atom. The van der Waals surface area contributed by atoms with E-state index in [0.717, 1.165) is 27.1 Å². The highest BCUT2D eigenvalue weighted by Crippen LogP contribution is 2.37. The molecular weight excluding hydrogens is 487 g/mol. The van der Waals surface area contributed by atoms with Gasteiger partial charge in [-0.1, -0.05) is 34.1 Å². The molecule has 0 radical (unpaired) electrons. The standard InChI is InChI=1S/C26H22BrFN2O3/c1-15-12-18(16(2)29(15)20-9-7-8-19(27)14-20)13-21-24(26(32)33-4)17(3)30(25(21)31)23-11-6-5-10-22(23)28/h5-14H,1-4H3/b21-13-. The number of methoxy groups -OCH3 is 1. The number of rotatable bonds is 4. The summed E-state index contributed by atoms with van der Waals surface area (Å²) in [5.41, 5.74) is 4.31. The number of aryl methyl sites for hydroxylation is 1. The molecule has 2 aromatic carbocycles. The average Bonchev–Trinajstić information content (AvgIpc) is 3.20. The Kier molecular flexibility index (Phi) is 6.08. The maximum absolute atomic E-state index is 14.5. The van der Waals surface area contributed by atoms with Crippen LogP contribution in [0.1, 0.15) is 23.9 Å². The van der Waals surface area contributed by atoms with Crippen LogP contribution >= 0.6 is 15.9 Å². The lowest BCUT2D eigenvalue weighted by atomic mass is 10.0. The first-order valence-corrected chi connectivity index (χ1v) is 11.1. The van der Waals surface area contributed by atoms with E-state index in [0.29, 0.717) is 5.70 Å². The van der Waals surface area contributed by atoms with Crippen LogP contribution in [0.15, 0.2) is 75.9 Å². The number of carbonyl (C=O) groups is 2. The summed E-state index contributed by atoms with van der Waals surface area (Å²) in [6.45, 7) is 5.53. The van der Waals surface area contributed by atoms with Crippen LogP contribution in [0.4, 0.5) is 10.1 Å². The smallest absolute Gasteiger partial charge is 0.340 e. The summed E-state index contributed by atoms with van der Waals surface area (Å²) >= 11 is 3.50. The van der Waals surface area contributed by atoms with Gasteiger partial charge in [0.25, 0.3) is 5.91 Å². The van der Waals surface area contributed by atoms with E-state index in [9.17, 15) is 14.0 Å². The molecule has 168 valence electrons. The normalized spacial score (nSPS) is 15.0. The number of ether oxygens (including phenoxy) is 1. The summed E-state index contributed by atoms with van der Waals surface area (Å²) < 4.78 is 22.5. The van der Waals surface area contributed by atoms with Crippen LogP contribution in [-0.4, -0.2) is 23.6 Å². The van der Waals surface area contributed by atoms with Crippen molar-refractivity contribution in [3.8, 4) is 5.69 Å². The summed E-state index contributed by atoms with van der Waals surface area (Å²) in [6, 6.07) is 15.8. The van der Waals surface area contributed by atoms with Crippen LogP contribution in [0.2, 0.25) is 0 Å². The zero-order valence-electron chi connectivity index (χ0n) is 18.6. The maximum Gasteiger partial charge on any atom is 0.340 e. The lowest BCUT2D eigenvalue weighted by molar-refractivity contribution is -0.136. The van der Waals surface area contributed by atoms with Gasteiger partial charge in [0, 0.05) is 27.2 Å². The van der Waals surface area contributed by atoms with Crippen LogP contribution in [0.3, 0.4) is 0 Å². The SMILES string of the molecule is COC(=O)C1=C(C)N(c2ccccc2F)C(=O)/C1=C\c1cc(C)n(-c2cccc(Br)c2)c1C. The van der Waals surface area contributed by atoms with E-state index in [1.807, 2.05) is 44.2 Å². The van der Waals surface area contributed by atoms with Crippen molar-refractivity contribution in [2.45, 2.75) is 20.8 Å². The maximum atomic E-state index is 14.5. The van der Waals surface area contributed by atoms with Crippen molar-refractivity contribution < 1.29 is 18.7 Å². The molecule has 1 aliphatic rings. The summed E-state index contributed by atoms with van der Waals surface area (Å²) in [6.07, 6.45) is 1.68. The van der Waals surface area contributed by atoms with Gasteiger partial charge in [-0.05, 0) is 68.8 Å². The molecule has 0 N–H and O–H groups in total. The highest BCUT2D eigenvalue weighted by atomic mass is 79.9. The van der Waals surface area contributed by atoms with Gasteiger partial charge in [0.15, 0.2) is 0 Å². The number of esters is 1. The summed E-state index contributed by atoms with van der Waals surface area (Å²) in [4.78, 5) is 27.3. The predicted molar refractivity (Wildman–Crippen MR) is 130 cm³/mol. The molecule has 0 unspecified atom stereocenters. The van der Waals surface area contributed by atoms with Crippen LogP contribution in [-0.2, 0) is 14.3 Å². The van der Waals surface area contributed by atoms with Gasteiger partial charge >= 0.3 is 5.97 Å². The van der Waals surface area contributed by atoms with Crippen molar-refractivity contribution in [2.75, 3.05) is 12.0 Å². The van der Waals surface area contributed by atoms with Gasteiger partial charge in [-0.2, -0.15) is 0 Å². The third-order valence-corrected chi connectivity index (χ3v) is 6.21. The number of aromatic nitrogens is 1. The van der Waals surface area contributed by atoms with Crippen LogP contribution in [0.25, 0.3) is 11.8 Å². The van der Waals surface area contributed by atoms with Crippen molar-refractivity contribution in [1.29, 1.82) is 0 Å². The molecule has 4 rings (SSSR count). The number of carbonyl (C=O) groups excluding carboxylic acids is 2. The van der Waals surface area contributed by atoms with Gasteiger partial charge in [-0.3, -0.25) is 9.69 Å². The zero-order valence-corrected chi connectivity index (χ0v) is 20.2. The lowest BCUT2D eigenvalue weighted by Gasteiger charge is -2.18. The fourth-order valence-electron chi connectivity index (χ4n) is 4.20. The molecule has 0 aliphatic carbocycles. The van der Waals surface area contributed by atoms with Crippen molar-refractivity contribution >= 4 is 39.6 Å². The Morgan fingerprint density at radius 2 is 1.79 bits per heavy atom. The second-order valence-electron chi connectivity index (χ2n) is 7.74. The number of hydrogen-bond acceptors (Lipinski definition) is 3. The van der Waals surface area contributed by atoms with E-state index in [2.05, 4.69) is 20.5 Å². The molecule has 1 aromatic heterocycles. The molecule has 1 amide bonds. The minimum atomic E-state index is -0.647. The molecule has 0 bridgehead atoms. The summed E-state index contributed by atoms with van der Waals surface area (Å²) in [7, 11) is 1.26. The van der Waals surface area contributed by atoms with E-state index in [1.165, 1.54) is 24.1 Å². The molecule has 0 atom stereocenters. The monoisotopic (exact) mass is 508 g/mol. The van der Waals surface area contributed by atoms with Gasteiger partial charge in [0.05, 0.1) is 23.9 Å². The summed E-state index contributed by atoms with van der Waals surface area (Å²) in [5.74, 6) is -1.68. The first-order chi connectivity index (χ1) is 15.7. The largest absolute Gasteiger partial charge is 0.465 e. The Hall–Kier alpha value is -3.45. The number of hydrogen-bond donors (Lipinski definition) is 0. The van der Waals surface area contributed by atoms with Crippen LogP contribution in [0, 0.1) is 19.7 Å². The first-order valence-electron chi connectivity index (χ1n) is 10.3. The number of amides is 1. The van der Waals surface area contributed by atoms with Gasteiger partial charge < -0.3 is 9.30 Å². The summed E-state index contributed by atoms with van der Waals surface area (Å²) in [5, 5.41) is 0. The second kappa shape index (κ2) is 8.83. The number of nitrogens with zero attached hydrogens (tertiary/aromatic N) is 2. The van der Waals surface area contributed by atoms with E-state index in [-0.39, 0.29) is 16.8 Å². The quantitative estimate of drug-likeness (QED) is 0.327. The molecule has 7 heteroatoms. The Balaban J connectivity index is 1.87. The Labute approximate surface area is 199 Å².